The third kappa shape index (κ3) is 13.1. The van der Waals surface area contributed by atoms with E-state index in [-0.39, 0.29) is 34.9 Å². The minimum absolute atomic E-state index is 0.0956. The van der Waals surface area contributed by atoms with Gasteiger partial charge in [0.25, 0.3) is 0 Å². The van der Waals surface area contributed by atoms with E-state index in [9.17, 15) is 19.8 Å². The lowest BCUT2D eigenvalue weighted by Crippen LogP contribution is -2.58. The molecule has 0 radical (unpaired) electrons. The van der Waals surface area contributed by atoms with Crippen LogP contribution in [0.4, 0.5) is 0 Å². The Bertz CT molecular complexity index is 1100. The van der Waals surface area contributed by atoms with Crippen LogP contribution in [0.2, 0.25) is 0 Å². The number of ether oxygens (including phenoxy) is 1. The van der Waals surface area contributed by atoms with Gasteiger partial charge in [-0.2, -0.15) is 0 Å². The maximum absolute atomic E-state index is 12.7. The van der Waals surface area contributed by atoms with Gasteiger partial charge in [0.2, 0.25) is 11.8 Å². The van der Waals surface area contributed by atoms with Gasteiger partial charge in [0.05, 0.1) is 25.4 Å². The summed E-state index contributed by atoms with van der Waals surface area (Å²) in [5.74, 6) is 3.25. The number of aliphatic hydroxyl groups excluding tert-OH is 2. The van der Waals surface area contributed by atoms with E-state index in [2.05, 4.69) is 50.5 Å². The highest BCUT2D eigenvalue weighted by Crippen LogP contribution is 2.68. The number of carbonyl (C=O) groups excluding carboxylic acids is 2. The number of hydrogen-bond acceptors (Lipinski definition) is 5. The third-order valence-corrected chi connectivity index (χ3v) is 15.0. The smallest absolute Gasteiger partial charge is 0.220 e. The van der Waals surface area contributed by atoms with Crippen molar-refractivity contribution in [3.8, 4) is 0 Å². The quantitative estimate of drug-likeness (QED) is 0.0551. The summed E-state index contributed by atoms with van der Waals surface area (Å²) in [6.45, 7) is 11.5. The molecule has 4 aliphatic rings. The molecule has 0 bridgehead atoms. The minimum atomic E-state index is -0.242. The van der Waals surface area contributed by atoms with E-state index in [1.165, 1.54) is 96.3 Å². The highest BCUT2D eigenvalue weighted by Gasteiger charge is 2.62. The van der Waals surface area contributed by atoms with Gasteiger partial charge in [-0.25, -0.2) is 0 Å². The van der Waals surface area contributed by atoms with Gasteiger partial charge in [0.1, 0.15) is 0 Å². The predicted octanol–water partition coefficient (Wildman–Crippen LogP) is 9.68. The molecule has 53 heavy (non-hydrogen) atoms. The average molecular weight is 743 g/mol. The number of fused-ring (bicyclic) bond motifs is 5. The lowest BCUT2D eigenvalue weighted by molar-refractivity contribution is -0.174. The average Bonchev–Trinajstić information content (AvgIpc) is 3.49. The largest absolute Gasteiger partial charge is 0.393 e. The number of unbranched alkanes of at least 4 members (excludes halogenated alkanes) is 11. The first-order chi connectivity index (χ1) is 25.6. The predicted molar refractivity (Wildman–Crippen MR) is 217 cm³/mol. The normalized spacial score (nSPS) is 32.9. The number of allylic oxidation sites excluding steroid dienone is 2. The number of amides is 2. The second-order valence-corrected chi connectivity index (χ2v) is 18.6. The molecular formula is C46H82N2O5. The van der Waals surface area contributed by atoms with E-state index in [0.29, 0.717) is 74.7 Å². The van der Waals surface area contributed by atoms with Crippen LogP contribution in [0, 0.1) is 46.3 Å². The van der Waals surface area contributed by atoms with Crippen molar-refractivity contribution in [1.82, 2.24) is 10.6 Å². The molecule has 10 atom stereocenters. The molecule has 306 valence electrons. The Kier molecular flexibility index (Phi) is 19.2. The summed E-state index contributed by atoms with van der Waals surface area (Å²) in [5.41, 5.74) is 0.496. The van der Waals surface area contributed by atoms with E-state index in [1.54, 1.807) is 0 Å². The van der Waals surface area contributed by atoms with Crippen LogP contribution in [0.25, 0.3) is 0 Å². The van der Waals surface area contributed by atoms with Gasteiger partial charge in [-0.1, -0.05) is 91.2 Å². The first kappa shape index (κ1) is 44.3. The summed E-state index contributed by atoms with van der Waals surface area (Å²) >= 11 is 0. The summed E-state index contributed by atoms with van der Waals surface area (Å²) in [7, 11) is 0. The summed E-state index contributed by atoms with van der Waals surface area (Å²) < 4.78 is 5.67. The van der Waals surface area contributed by atoms with Crippen LogP contribution < -0.4 is 10.6 Å². The summed E-state index contributed by atoms with van der Waals surface area (Å²) in [5, 5.41) is 27.9. The molecule has 0 spiro atoms. The highest BCUT2D eigenvalue weighted by molar-refractivity contribution is 5.76. The molecule has 0 aromatic carbocycles. The summed E-state index contributed by atoms with van der Waals surface area (Å²) in [6, 6.07) is 0. The maximum atomic E-state index is 12.7. The first-order valence-corrected chi connectivity index (χ1v) is 22.7. The SMILES string of the molecule is CCCCCCCCC=CCCCCCCCC(=O)NCCOCCNC(=O)CCC(C)C1CCC2C3C(O)CC4CC(O)CCC4(C)C3CCC12C. The van der Waals surface area contributed by atoms with Crippen LogP contribution in [-0.2, 0) is 14.3 Å². The zero-order valence-corrected chi connectivity index (χ0v) is 34.7. The molecule has 7 heteroatoms. The van der Waals surface area contributed by atoms with E-state index < -0.39 is 0 Å². The van der Waals surface area contributed by atoms with Crippen molar-refractivity contribution in [1.29, 1.82) is 0 Å². The lowest BCUT2D eigenvalue weighted by Gasteiger charge is -2.62. The first-order valence-electron chi connectivity index (χ1n) is 22.7. The molecule has 4 saturated carbocycles. The van der Waals surface area contributed by atoms with Gasteiger partial charge in [-0.3, -0.25) is 9.59 Å². The Hall–Kier alpha value is -1.44. The zero-order chi connectivity index (χ0) is 38.1. The van der Waals surface area contributed by atoms with Crippen molar-refractivity contribution in [2.75, 3.05) is 26.3 Å². The summed E-state index contributed by atoms with van der Waals surface area (Å²) in [4.78, 5) is 24.9. The molecule has 4 fully saturated rings. The number of carbonyl (C=O) groups is 2. The van der Waals surface area contributed by atoms with Crippen molar-refractivity contribution < 1.29 is 24.5 Å². The molecule has 0 aromatic rings. The topological polar surface area (TPSA) is 108 Å². The molecule has 10 unspecified atom stereocenters. The monoisotopic (exact) mass is 743 g/mol. The Morgan fingerprint density at radius 2 is 1.32 bits per heavy atom. The standard InChI is InChI=1S/C46H82N2O5/c1-5-6-7-8-9-10-11-12-13-14-15-16-17-18-19-20-42(51)47-29-31-53-32-30-48-43(52)24-21-35(2)38-22-23-39-44-40(26-28-46(38,39)4)45(3)27-25-37(49)33-36(45)34-41(44)50/h12-13,35-41,44,49-50H,5-11,14-34H2,1-4H3,(H,47,51)(H,48,52). The van der Waals surface area contributed by atoms with Crippen LogP contribution in [0.15, 0.2) is 12.2 Å². The van der Waals surface area contributed by atoms with Crippen molar-refractivity contribution in [3.63, 3.8) is 0 Å². The fourth-order valence-corrected chi connectivity index (χ4v) is 11.9. The minimum Gasteiger partial charge on any atom is -0.393 e. The van der Waals surface area contributed by atoms with Crippen LogP contribution in [0.1, 0.15) is 182 Å². The highest BCUT2D eigenvalue weighted by atomic mass is 16.5. The van der Waals surface area contributed by atoms with Gasteiger partial charge in [-0.05, 0) is 136 Å². The Labute approximate surface area is 325 Å². The molecule has 0 aromatic heterocycles. The molecular weight excluding hydrogens is 661 g/mol. The van der Waals surface area contributed by atoms with Gasteiger partial charge in [0, 0.05) is 25.9 Å². The molecule has 4 aliphatic carbocycles. The van der Waals surface area contributed by atoms with Crippen molar-refractivity contribution in [3.05, 3.63) is 12.2 Å². The lowest BCUT2D eigenvalue weighted by atomic mass is 9.43. The molecule has 0 aliphatic heterocycles. The van der Waals surface area contributed by atoms with Gasteiger partial charge in [0.15, 0.2) is 0 Å². The van der Waals surface area contributed by atoms with E-state index in [0.717, 1.165) is 44.9 Å². The fraction of sp³-hybridized carbons (Fsp3) is 0.913. The molecule has 4 rings (SSSR count). The van der Waals surface area contributed by atoms with Crippen LogP contribution in [0.5, 0.6) is 0 Å². The molecule has 2 amide bonds. The maximum Gasteiger partial charge on any atom is 0.220 e. The molecule has 0 saturated heterocycles. The number of hydrogen-bond donors (Lipinski definition) is 4. The zero-order valence-electron chi connectivity index (χ0n) is 34.7. The van der Waals surface area contributed by atoms with Crippen molar-refractivity contribution >= 4 is 11.8 Å². The van der Waals surface area contributed by atoms with Crippen molar-refractivity contribution in [2.24, 2.45) is 46.3 Å². The van der Waals surface area contributed by atoms with E-state index >= 15 is 0 Å². The molecule has 4 N–H and O–H groups in total. The third-order valence-electron chi connectivity index (χ3n) is 15.0. The Balaban J connectivity index is 0.978. The Morgan fingerprint density at radius 3 is 2.00 bits per heavy atom. The summed E-state index contributed by atoms with van der Waals surface area (Å²) in [6.07, 6.45) is 31.2. The van der Waals surface area contributed by atoms with E-state index in [1.807, 2.05) is 0 Å². The Morgan fingerprint density at radius 1 is 0.736 bits per heavy atom. The van der Waals surface area contributed by atoms with Crippen LogP contribution in [0.3, 0.4) is 0 Å². The second kappa shape index (κ2) is 23.0. The van der Waals surface area contributed by atoms with Crippen molar-refractivity contribution in [2.45, 2.75) is 194 Å². The van der Waals surface area contributed by atoms with Crippen LogP contribution in [-0.4, -0.2) is 60.5 Å². The fourth-order valence-electron chi connectivity index (χ4n) is 11.9. The van der Waals surface area contributed by atoms with Gasteiger partial charge >= 0.3 is 0 Å². The second-order valence-electron chi connectivity index (χ2n) is 18.6. The number of aliphatic hydroxyl groups is 2. The van der Waals surface area contributed by atoms with E-state index in [4.69, 9.17) is 4.74 Å². The number of nitrogens with one attached hydrogen (secondary N) is 2. The number of rotatable bonds is 25. The molecule has 7 nitrogen and oxygen atoms in total. The van der Waals surface area contributed by atoms with Gasteiger partial charge in [-0.15, -0.1) is 0 Å². The van der Waals surface area contributed by atoms with Gasteiger partial charge < -0.3 is 25.6 Å². The molecule has 0 heterocycles. The van der Waals surface area contributed by atoms with Crippen LogP contribution >= 0.6 is 0 Å².